The van der Waals surface area contributed by atoms with Gasteiger partial charge in [-0.15, -0.1) is 0 Å². The monoisotopic (exact) mass is 257 g/mol. The highest BCUT2D eigenvalue weighted by Crippen LogP contribution is 2.15. The molecule has 0 fully saturated rings. The third-order valence-electron chi connectivity index (χ3n) is 2.87. The van der Waals surface area contributed by atoms with Gasteiger partial charge in [-0.2, -0.15) is 5.10 Å². The molecule has 0 aliphatic carbocycles. The summed E-state index contributed by atoms with van der Waals surface area (Å²) < 4.78 is 13.7. The van der Waals surface area contributed by atoms with Crippen molar-refractivity contribution in [1.29, 1.82) is 0 Å². The van der Waals surface area contributed by atoms with Gasteiger partial charge in [0.05, 0.1) is 17.5 Å². The minimum Gasteiger partial charge on any atom is -0.330 e. The normalized spacial score (nSPS) is 13.2. The zero-order valence-corrected chi connectivity index (χ0v) is 11.6. The van der Waals surface area contributed by atoms with E-state index in [1.165, 1.54) is 0 Å². The Kier molecular flexibility index (Phi) is 6.44. The molecule has 1 aromatic rings. The van der Waals surface area contributed by atoms with Crippen LogP contribution in [-0.2, 0) is 16.6 Å². The summed E-state index contributed by atoms with van der Waals surface area (Å²) in [5.74, 6) is 1.22. The van der Waals surface area contributed by atoms with Gasteiger partial charge in [-0.25, -0.2) is 0 Å². The fourth-order valence-electron chi connectivity index (χ4n) is 1.80. The summed E-state index contributed by atoms with van der Waals surface area (Å²) in [7, 11) is -0.831. The molecule has 0 aromatic carbocycles. The second-order valence-electron chi connectivity index (χ2n) is 4.19. The average Bonchev–Trinajstić information content (AvgIpc) is 2.76. The molecule has 0 bridgehead atoms. The van der Waals surface area contributed by atoms with Crippen molar-refractivity contribution in [3.05, 3.63) is 18.0 Å². The summed E-state index contributed by atoms with van der Waals surface area (Å²) in [6.45, 7) is 4.93. The SMILES string of the molecule is CCC(CC)n1ccc(CS(=O)CCCN)n1. The lowest BCUT2D eigenvalue weighted by molar-refractivity contribution is 0.426. The van der Waals surface area contributed by atoms with Crippen LogP contribution in [-0.4, -0.2) is 26.3 Å². The van der Waals surface area contributed by atoms with Crippen molar-refractivity contribution in [3.63, 3.8) is 0 Å². The van der Waals surface area contributed by atoms with Gasteiger partial charge in [0, 0.05) is 22.7 Å². The minimum atomic E-state index is -0.831. The second-order valence-corrected chi connectivity index (χ2v) is 5.76. The molecule has 0 radical (unpaired) electrons. The van der Waals surface area contributed by atoms with E-state index >= 15 is 0 Å². The Bertz CT molecular complexity index is 347. The molecule has 0 aliphatic rings. The predicted molar refractivity (Wildman–Crippen MR) is 72.2 cm³/mol. The molecule has 2 N–H and O–H groups in total. The van der Waals surface area contributed by atoms with Gasteiger partial charge in [-0.05, 0) is 31.9 Å². The lowest BCUT2D eigenvalue weighted by Crippen LogP contribution is -2.10. The van der Waals surface area contributed by atoms with E-state index in [0.717, 1.165) is 25.0 Å². The first-order valence-electron chi connectivity index (χ1n) is 6.30. The molecule has 1 atom stereocenters. The van der Waals surface area contributed by atoms with Gasteiger partial charge >= 0.3 is 0 Å². The van der Waals surface area contributed by atoms with Crippen molar-refractivity contribution < 1.29 is 4.21 Å². The predicted octanol–water partition coefficient (Wildman–Crippen LogP) is 1.84. The lowest BCUT2D eigenvalue weighted by Gasteiger charge is -2.12. The molecular formula is C12H23N3OS. The summed E-state index contributed by atoms with van der Waals surface area (Å²) in [4.78, 5) is 0. The molecule has 17 heavy (non-hydrogen) atoms. The highest BCUT2D eigenvalue weighted by atomic mass is 32.2. The smallest absolute Gasteiger partial charge is 0.0749 e. The highest BCUT2D eigenvalue weighted by molar-refractivity contribution is 7.84. The number of hydrogen-bond acceptors (Lipinski definition) is 3. The Hall–Kier alpha value is -0.680. The third kappa shape index (κ3) is 4.60. The maximum Gasteiger partial charge on any atom is 0.0749 e. The Morgan fingerprint density at radius 1 is 1.47 bits per heavy atom. The van der Waals surface area contributed by atoms with Gasteiger partial charge in [-0.1, -0.05) is 13.8 Å². The van der Waals surface area contributed by atoms with E-state index in [-0.39, 0.29) is 0 Å². The Morgan fingerprint density at radius 3 is 2.76 bits per heavy atom. The average molecular weight is 257 g/mol. The van der Waals surface area contributed by atoms with Crippen LogP contribution >= 0.6 is 0 Å². The topological polar surface area (TPSA) is 60.9 Å². The highest BCUT2D eigenvalue weighted by Gasteiger charge is 2.09. The van der Waals surface area contributed by atoms with Crippen LogP contribution in [0.25, 0.3) is 0 Å². The van der Waals surface area contributed by atoms with Gasteiger partial charge in [0.25, 0.3) is 0 Å². The fourth-order valence-corrected chi connectivity index (χ4v) is 2.92. The fraction of sp³-hybridized carbons (Fsp3) is 0.750. The molecule has 4 nitrogen and oxygen atoms in total. The van der Waals surface area contributed by atoms with Crippen LogP contribution in [0.4, 0.5) is 0 Å². The second kappa shape index (κ2) is 7.61. The molecule has 5 heteroatoms. The van der Waals surface area contributed by atoms with E-state index in [0.29, 0.717) is 24.1 Å². The Labute approximate surface area is 106 Å². The molecule has 98 valence electrons. The summed E-state index contributed by atoms with van der Waals surface area (Å²) in [5, 5.41) is 4.49. The Balaban J connectivity index is 2.53. The number of hydrogen-bond donors (Lipinski definition) is 1. The molecule has 0 aliphatic heterocycles. The van der Waals surface area contributed by atoms with Crippen LogP contribution in [0.5, 0.6) is 0 Å². The zero-order chi connectivity index (χ0) is 12.7. The van der Waals surface area contributed by atoms with Crippen LogP contribution in [0.1, 0.15) is 44.8 Å². The van der Waals surface area contributed by atoms with Crippen LogP contribution in [0, 0.1) is 0 Å². The molecular weight excluding hydrogens is 234 g/mol. The minimum absolute atomic E-state index is 0.459. The molecule has 1 aromatic heterocycles. The summed E-state index contributed by atoms with van der Waals surface area (Å²) in [5.41, 5.74) is 6.32. The number of aromatic nitrogens is 2. The Morgan fingerprint density at radius 2 is 2.18 bits per heavy atom. The van der Waals surface area contributed by atoms with Crippen molar-refractivity contribution in [1.82, 2.24) is 9.78 Å². The molecule has 1 heterocycles. The summed E-state index contributed by atoms with van der Waals surface area (Å²) in [6, 6.07) is 2.43. The van der Waals surface area contributed by atoms with Crippen LogP contribution < -0.4 is 5.73 Å². The standard InChI is InChI=1S/C12H23N3OS/c1-3-12(4-2)15-8-6-11(14-15)10-17(16)9-5-7-13/h6,8,12H,3-5,7,9-10,13H2,1-2H3. The molecule has 0 saturated carbocycles. The van der Waals surface area contributed by atoms with Crippen molar-refractivity contribution in [2.24, 2.45) is 5.73 Å². The summed E-state index contributed by atoms with van der Waals surface area (Å²) >= 11 is 0. The van der Waals surface area contributed by atoms with Crippen LogP contribution in [0.15, 0.2) is 12.3 Å². The first kappa shape index (κ1) is 14.4. The zero-order valence-electron chi connectivity index (χ0n) is 10.8. The summed E-state index contributed by atoms with van der Waals surface area (Å²) in [6.07, 6.45) is 4.97. The van der Waals surface area contributed by atoms with Crippen molar-refractivity contribution >= 4 is 10.8 Å². The quantitative estimate of drug-likeness (QED) is 0.773. The van der Waals surface area contributed by atoms with E-state index in [9.17, 15) is 4.21 Å². The van der Waals surface area contributed by atoms with Crippen molar-refractivity contribution in [2.75, 3.05) is 12.3 Å². The molecule has 1 rings (SSSR count). The third-order valence-corrected chi connectivity index (χ3v) is 4.23. The van der Waals surface area contributed by atoms with Crippen molar-refractivity contribution in [3.8, 4) is 0 Å². The van der Waals surface area contributed by atoms with Gasteiger partial charge in [-0.3, -0.25) is 8.89 Å². The van der Waals surface area contributed by atoms with Gasteiger partial charge in [0.15, 0.2) is 0 Å². The first-order chi connectivity index (χ1) is 8.21. The largest absolute Gasteiger partial charge is 0.330 e. The molecule has 0 saturated heterocycles. The van der Waals surface area contributed by atoms with Crippen molar-refractivity contribution in [2.45, 2.75) is 44.9 Å². The maximum absolute atomic E-state index is 11.7. The number of nitrogens with two attached hydrogens (primary N) is 1. The first-order valence-corrected chi connectivity index (χ1v) is 7.79. The van der Waals surface area contributed by atoms with E-state index in [1.807, 2.05) is 16.9 Å². The molecule has 1 unspecified atom stereocenters. The lowest BCUT2D eigenvalue weighted by atomic mass is 10.2. The van der Waals surface area contributed by atoms with Gasteiger partial charge in [0.1, 0.15) is 0 Å². The van der Waals surface area contributed by atoms with E-state index < -0.39 is 10.8 Å². The van der Waals surface area contributed by atoms with Crippen LogP contribution in [0.3, 0.4) is 0 Å². The molecule has 0 amide bonds. The van der Waals surface area contributed by atoms with E-state index in [1.54, 1.807) is 0 Å². The number of rotatable bonds is 8. The van der Waals surface area contributed by atoms with E-state index in [4.69, 9.17) is 5.73 Å². The van der Waals surface area contributed by atoms with Crippen LogP contribution in [0.2, 0.25) is 0 Å². The van der Waals surface area contributed by atoms with Gasteiger partial charge in [0.2, 0.25) is 0 Å². The number of nitrogens with zero attached hydrogens (tertiary/aromatic N) is 2. The van der Waals surface area contributed by atoms with E-state index in [2.05, 4.69) is 18.9 Å². The van der Waals surface area contributed by atoms with Gasteiger partial charge < -0.3 is 5.73 Å². The maximum atomic E-state index is 11.7. The molecule has 0 spiro atoms.